The smallest absolute Gasteiger partial charge is 0.167 e. The van der Waals surface area contributed by atoms with Crippen LogP contribution in [-0.4, -0.2) is 47.6 Å². The number of aromatic hydroxyl groups is 5. The average Bonchev–Trinajstić information content (AvgIpc) is 2.73. The number of phenolic OH excluding ortho intramolecular Hbond substituents is 5. The van der Waals surface area contributed by atoms with E-state index in [1.54, 1.807) is 6.07 Å². The Morgan fingerprint density at radius 2 is 0.935 bits per heavy atom. The molecule has 0 saturated carbocycles. The van der Waals surface area contributed by atoms with Gasteiger partial charge in [-0.05, 0) is 36.4 Å². The van der Waals surface area contributed by atoms with Crippen molar-refractivity contribution in [1.29, 1.82) is 0 Å². The molecule has 0 amide bonds. The third kappa shape index (κ3) is 3.84. The van der Waals surface area contributed by atoms with Gasteiger partial charge in [0.15, 0.2) is 17.5 Å². The Balaban J connectivity index is 1.99. The molecule has 0 aliphatic carbocycles. The van der Waals surface area contributed by atoms with Crippen LogP contribution < -0.4 is 4.74 Å². The highest BCUT2D eigenvalue weighted by molar-refractivity contribution is 5.74. The number of aromatic nitrogens is 3. The van der Waals surface area contributed by atoms with Gasteiger partial charge in [0.1, 0.15) is 34.5 Å². The molecule has 0 bridgehead atoms. The maximum Gasteiger partial charge on any atom is 0.167 e. The van der Waals surface area contributed by atoms with Crippen LogP contribution in [-0.2, 0) is 0 Å². The molecule has 0 spiro atoms. The molecule has 156 valence electrons. The number of rotatable bonds is 4. The van der Waals surface area contributed by atoms with Crippen molar-refractivity contribution in [2.24, 2.45) is 0 Å². The van der Waals surface area contributed by atoms with Gasteiger partial charge in [0.25, 0.3) is 0 Å². The van der Waals surface area contributed by atoms with E-state index in [0.717, 1.165) is 12.1 Å². The molecule has 4 rings (SSSR count). The molecule has 1 aromatic heterocycles. The molecule has 0 aliphatic heterocycles. The fourth-order valence-electron chi connectivity index (χ4n) is 3.02. The zero-order chi connectivity index (χ0) is 22.1. The van der Waals surface area contributed by atoms with Gasteiger partial charge in [-0.1, -0.05) is 0 Å². The molecule has 0 atom stereocenters. The Bertz CT molecular complexity index is 1220. The molecule has 4 aromatic rings. The van der Waals surface area contributed by atoms with Crippen molar-refractivity contribution in [3.63, 3.8) is 0 Å². The zero-order valence-electron chi connectivity index (χ0n) is 16.2. The fourth-order valence-corrected chi connectivity index (χ4v) is 3.02. The highest BCUT2D eigenvalue weighted by Crippen LogP contribution is 2.37. The van der Waals surface area contributed by atoms with Gasteiger partial charge in [-0.2, -0.15) is 0 Å². The summed E-state index contributed by atoms with van der Waals surface area (Å²) < 4.78 is 5.33. The first-order chi connectivity index (χ1) is 14.9. The molecular weight excluding hydrogens is 402 g/mol. The molecule has 0 radical (unpaired) electrons. The minimum absolute atomic E-state index is 0.0116. The SMILES string of the molecule is COc1cc(O)ccc1-c1nc(-c2ccc(O)cc2O)nc(-c2ccc(O)cc2O)n1. The summed E-state index contributed by atoms with van der Waals surface area (Å²) in [6, 6.07) is 12.3. The average molecular weight is 419 g/mol. The molecule has 0 saturated heterocycles. The van der Waals surface area contributed by atoms with E-state index < -0.39 is 0 Å². The third-order valence-electron chi connectivity index (χ3n) is 4.51. The van der Waals surface area contributed by atoms with Crippen LogP contribution in [0, 0.1) is 0 Å². The number of methoxy groups -OCH3 is 1. The first kappa shape index (κ1) is 19.8. The molecule has 31 heavy (non-hydrogen) atoms. The van der Waals surface area contributed by atoms with E-state index >= 15 is 0 Å². The van der Waals surface area contributed by atoms with Crippen LogP contribution in [0.4, 0.5) is 0 Å². The minimum atomic E-state index is -0.254. The molecule has 9 heteroatoms. The Morgan fingerprint density at radius 3 is 1.35 bits per heavy atom. The lowest BCUT2D eigenvalue weighted by atomic mass is 10.1. The number of hydrogen-bond donors (Lipinski definition) is 5. The maximum atomic E-state index is 10.3. The van der Waals surface area contributed by atoms with Crippen molar-refractivity contribution >= 4 is 0 Å². The lowest BCUT2D eigenvalue weighted by Crippen LogP contribution is -2.01. The zero-order valence-corrected chi connectivity index (χ0v) is 16.2. The molecule has 0 aliphatic rings. The number of ether oxygens (including phenoxy) is 1. The first-order valence-electron chi connectivity index (χ1n) is 9.04. The van der Waals surface area contributed by atoms with E-state index in [0.29, 0.717) is 11.3 Å². The number of nitrogens with zero attached hydrogens (tertiary/aromatic N) is 3. The molecule has 0 fully saturated rings. The van der Waals surface area contributed by atoms with Crippen molar-refractivity contribution in [2.45, 2.75) is 0 Å². The van der Waals surface area contributed by atoms with Crippen LogP contribution in [0.25, 0.3) is 34.2 Å². The summed E-state index contributed by atoms with van der Waals surface area (Å²) in [6.45, 7) is 0. The van der Waals surface area contributed by atoms with Crippen LogP contribution in [0.1, 0.15) is 0 Å². The normalized spacial score (nSPS) is 10.7. The molecule has 3 aromatic carbocycles. The molecule has 1 heterocycles. The summed E-state index contributed by atoms with van der Waals surface area (Å²) in [5.74, 6) is -0.196. The van der Waals surface area contributed by atoms with Crippen molar-refractivity contribution < 1.29 is 30.3 Å². The van der Waals surface area contributed by atoms with Gasteiger partial charge >= 0.3 is 0 Å². The lowest BCUT2D eigenvalue weighted by Gasteiger charge is -2.12. The van der Waals surface area contributed by atoms with E-state index in [-0.39, 0.29) is 57.3 Å². The number of phenols is 5. The summed E-state index contributed by atoms with van der Waals surface area (Å²) in [5.41, 5.74) is 0.874. The summed E-state index contributed by atoms with van der Waals surface area (Å²) >= 11 is 0. The summed E-state index contributed by atoms with van der Waals surface area (Å²) in [7, 11) is 1.43. The fraction of sp³-hybridized carbons (Fsp3) is 0.0455. The highest BCUT2D eigenvalue weighted by atomic mass is 16.5. The van der Waals surface area contributed by atoms with Gasteiger partial charge in [0.2, 0.25) is 0 Å². The number of benzene rings is 3. The first-order valence-corrected chi connectivity index (χ1v) is 9.04. The predicted molar refractivity (Wildman–Crippen MR) is 111 cm³/mol. The topological polar surface area (TPSA) is 149 Å². The second kappa shape index (κ2) is 7.71. The maximum absolute atomic E-state index is 10.3. The molecular formula is C22H17N3O6. The Kier molecular flexibility index (Phi) is 4.92. The van der Waals surface area contributed by atoms with Gasteiger partial charge in [0, 0.05) is 18.2 Å². The summed E-state index contributed by atoms with van der Waals surface area (Å²) in [4.78, 5) is 13.2. The van der Waals surface area contributed by atoms with E-state index in [4.69, 9.17) is 4.74 Å². The van der Waals surface area contributed by atoms with E-state index in [1.165, 1.54) is 43.5 Å². The Labute approximate surface area is 176 Å². The second-order valence-corrected chi connectivity index (χ2v) is 6.59. The Hall–Kier alpha value is -4.53. The van der Waals surface area contributed by atoms with Crippen molar-refractivity contribution in [3.05, 3.63) is 54.6 Å². The molecule has 0 unspecified atom stereocenters. The molecule has 9 nitrogen and oxygen atoms in total. The number of hydrogen-bond acceptors (Lipinski definition) is 9. The summed E-state index contributed by atoms with van der Waals surface area (Å²) in [5, 5.41) is 49.5. The lowest BCUT2D eigenvalue weighted by molar-refractivity contribution is 0.409. The van der Waals surface area contributed by atoms with Crippen LogP contribution in [0.2, 0.25) is 0 Å². The van der Waals surface area contributed by atoms with Crippen molar-refractivity contribution in [3.8, 4) is 68.7 Å². The van der Waals surface area contributed by atoms with Gasteiger partial charge in [-0.3, -0.25) is 0 Å². The minimum Gasteiger partial charge on any atom is -0.508 e. The van der Waals surface area contributed by atoms with Gasteiger partial charge in [0.05, 0.1) is 23.8 Å². The van der Waals surface area contributed by atoms with Crippen LogP contribution >= 0.6 is 0 Å². The highest BCUT2D eigenvalue weighted by Gasteiger charge is 2.19. The summed E-state index contributed by atoms with van der Waals surface area (Å²) in [6.07, 6.45) is 0. The largest absolute Gasteiger partial charge is 0.508 e. The quantitative estimate of drug-likeness (QED) is 0.335. The van der Waals surface area contributed by atoms with Crippen molar-refractivity contribution in [1.82, 2.24) is 15.0 Å². The van der Waals surface area contributed by atoms with E-state index in [2.05, 4.69) is 15.0 Å². The third-order valence-corrected chi connectivity index (χ3v) is 4.51. The standard InChI is InChI=1S/C22H17N3O6/c1-31-19-10-13(28)4-7-16(19)22-24-20(14-5-2-11(26)8-17(14)29)23-21(25-22)15-6-3-12(27)9-18(15)30/h2-10,26-30H,1H3. The van der Waals surface area contributed by atoms with E-state index in [9.17, 15) is 25.5 Å². The van der Waals surface area contributed by atoms with Crippen LogP contribution in [0.5, 0.6) is 34.5 Å². The van der Waals surface area contributed by atoms with Crippen molar-refractivity contribution in [2.75, 3.05) is 7.11 Å². The van der Waals surface area contributed by atoms with E-state index in [1.807, 2.05) is 0 Å². The second-order valence-electron chi connectivity index (χ2n) is 6.59. The monoisotopic (exact) mass is 419 g/mol. The predicted octanol–water partition coefficient (Wildman–Crippen LogP) is 3.41. The van der Waals surface area contributed by atoms with Gasteiger partial charge < -0.3 is 30.3 Å². The molecule has 5 N–H and O–H groups in total. The van der Waals surface area contributed by atoms with Crippen LogP contribution in [0.3, 0.4) is 0 Å². The van der Waals surface area contributed by atoms with Crippen LogP contribution in [0.15, 0.2) is 54.6 Å². The van der Waals surface area contributed by atoms with Gasteiger partial charge in [-0.15, -0.1) is 0 Å². The van der Waals surface area contributed by atoms with Gasteiger partial charge in [-0.25, -0.2) is 15.0 Å². The Morgan fingerprint density at radius 1 is 0.548 bits per heavy atom.